The van der Waals surface area contributed by atoms with Crippen LogP contribution in [0.5, 0.6) is 0 Å². The molecule has 11 aromatic carbocycles. The van der Waals surface area contributed by atoms with Crippen LogP contribution in [0.3, 0.4) is 0 Å². The predicted octanol–water partition coefficient (Wildman–Crippen LogP) is 16.6. The highest BCUT2D eigenvalue weighted by molar-refractivity contribution is 6.25. The van der Waals surface area contributed by atoms with Crippen molar-refractivity contribution in [2.24, 2.45) is 0 Å². The van der Waals surface area contributed by atoms with E-state index >= 15 is 0 Å². The Hall–Kier alpha value is -7.35. The minimum absolute atomic E-state index is 0.192. The number of halogens is 1. The second-order valence-electron chi connectivity index (χ2n) is 16.8. The Labute approximate surface area is 348 Å². The molecule has 0 aliphatic heterocycles. The standard InChI is InChI=1S/C59H39F/c1-59(2)52-34-39(60)32-33-50(52)58-41-19-7-6-18-40(41)51(35-53(58)59)57-48-26-14-12-24-46(48)56(47-25-13-15-27-49(47)57)38-30-28-37(29-31-38)55-44-22-10-8-20-42(44)54(36-16-4-3-5-17-36)43-21-9-11-23-45(43)55/h3-35H,1-2H3. The third-order valence-corrected chi connectivity index (χ3v) is 13.3. The van der Waals surface area contributed by atoms with E-state index in [0.717, 1.165) is 11.1 Å². The quantitative estimate of drug-likeness (QED) is 0.157. The average Bonchev–Trinajstić information content (AvgIpc) is 3.52. The third kappa shape index (κ3) is 4.96. The Balaban J connectivity index is 1.08. The lowest BCUT2D eigenvalue weighted by Crippen LogP contribution is -2.15. The fourth-order valence-electron chi connectivity index (χ4n) is 10.7. The second kappa shape index (κ2) is 13.1. The molecule has 0 saturated carbocycles. The molecule has 1 aliphatic rings. The molecule has 0 saturated heterocycles. The fourth-order valence-corrected chi connectivity index (χ4v) is 10.7. The van der Waals surface area contributed by atoms with Crippen molar-refractivity contribution in [1.29, 1.82) is 0 Å². The van der Waals surface area contributed by atoms with E-state index in [1.54, 1.807) is 12.1 Å². The topological polar surface area (TPSA) is 0 Å². The van der Waals surface area contributed by atoms with Gasteiger partial charge in [0.05, 0.1) is 0 Å². The summed E-state index contributed by atoms with van der Waals surface area (Å²) in [6.07, 6.45) is 0. The number of fused-ring (bicyclic) bond motifs is 9. The van der Waals surface area contributed by atoms with Gasteiger partial charge in [-0.25, -0.2) is 4.39 Å². The van der Waals surface area contributed by atoms with Gasteiger partial charge in [0.15, 0.2) is 0 Å². The molecule has 12 rings (SSSR count). The molecule has 0 fully saturated rings. The highest BCUT2D eigenvalue weighted by Crippen LogP contribution is 2.55. The molecule has 0 heterocycles. The van der Waals surface area contributed by atoms with Gasteiger partial charge >= 0.3 is 0 Å². The summed E-state index contributed by atoms with van der Waals surface area (Å²) >= 11 is 0. The van der Waals surface area contributed by atoms with Crippen LogP contribution in [-0.2, 0) is 5.41 Å². The normalized spacial score (nSPS) is 13.1. The SMILES string of the molecule is CC1(C)c2cc(F)ccc2-c2c1cc(-c1c3ccccc3c(-c3ccc(-c4c5ccccc5c(-c5ccccc5)c5ccccc45)cc3)c3ccccc13)c1ccccc21. The van der Waals surface area contributed by atoms with E-state index in [1.165, 1.54) is 109 Å². The van der Waals surface area contributed by atoms with E-state index in [1.807, 2.05) is 6.07 Å². The molecular weight excluding hydrogens is 728 g/mol. The predicted molar refractivity (Wildman–Crippen MR) is 253 cm³/mol. The molecule has 60 heavy (non-hydrogen) atoms. The zero-order valence-electron chi connectivity index (χ0n) is 33.4. The molecule has 282 valence electrons. The molecule has 0 atom stereocenters. The lowest BCUT2D eigenvalue weighted by atomic mass is 9.79. The maximum absolute atomic E-state index is 14.8. The van der Waals surface area contributed by atoms with E-state index in [0.29, 0.717) is 0 Å². The maximum atomic E-state index is 14.8. The van der Waals surface area contributed by atoms with Gasteiger partial charge in [-0.05, 0) is 139 Å². The Morgan fingerprint density at radius 1 is 0.283 bits per heavy atom. The molecule has 1 aliphatic carbocycles. The molecule has 0 nitrogen and oxygen atoms in total. The Bertz CT molecular complexity index is 3440. The van der Waals surface area contributed by atoms with Crippen molar-refractivity contribution in [3.05, 3.63) is 217 Å². The molecule has 0 spiro atoms. The first-order valence-electron chi connectivity index (χ1n) is 20.9. The Kier molecular flexibility index (Phi) is 7.56. The first kappa shape index (κ1) is 34.7. The van der Waals surface area contributed by atoms with Crippen LogP contribution in [0.1, 0.15) is 25.0 Å². The van der Waals surface area contributed by atoms with Gasteiger partial charge in [0.1, 0.15) is 5.82 Å². The minimum atomic E-state index is -0.364. The number of rotatable bonds is 4. The van der Waals surface area contributed by atoms with E-state index in [9.17, 15) is 4.39 Å². The molecular formula is C59H39F. The summed E-state index contributed by atoms with van der Waals surface area (Å²) < 4.78 is 14.8. The van der Waals surface area contributed by atoms with Crippen molar-refractivity contribution in [1.82, 2.24) is 0 Å². The van der Waals surface area contributed by atoms with Gasteiger partial charge in [0, 0.05) is 5.41 Å². The Morgan fingerprint density at radius 3 is 1.07 bits per heavy atom. The highest BCUT2D eigenvalue weighted by atomic mass is 19.1. The van der Waals surface area contributed by atoms with Crippen LogP contribution >= 0.6 is 0 Å². The summed E-state index contributed by atoms with van der Waals surface area (Å²) in [7, 11) is 0. The van der Waals surface area contributed by atoms with E-state index in [-0.39, 0.29) is 11.2 Å². The number of benzene rings is 11. The Morgan fingerprint density at radius 2 is 0.633 bits per heavy atom. The van der Waals surface area contributed by atoms with Crippen molar-refractivity contribution in [2.45, 2.75) is 19.3 Å². The van der Waals surface area contributed by atoms with Gasteiger partial charge in [-0.1, -0.05) is 196 Å². The first-order valence-corrected chi connectivity index (χ1v) is 20.9. The van der Waals surface area contributed by atoms with E-state index in [4.69, 9.17) is 0 Å². The van der Waals surface area contributed by atoms with Crippen LogP contribution in [0, 0.1) is 5.82 Å². The molecule has 0 amide bonds. The van der Waals surface area contributed by atoms with E-state index in [2.05, 4.69) is 196 Å². The van der Waals surface area contributed by atoms with Gasteiger partial charge < -0.3 is 0 Å². The molecule has 0 N–H and O–H groups in total. The summed E-state index contributed by atoms with van der Waals surface area (Å²) in [6.45, 7) is 4.48. The number of hydrogen-bond acceptors (Lipinski definition) is 0. The van der Waals surface area contributed by atoms with Gasteiger partial charge in [-0.2, -0.15) is 0 Å². The zero-order chi connectivity index (χ0) is 40.1. The number of hydrogen-bond donors (Lipinski definition) is 0. The summed E-state index contributed by atoms with van der Waals surface area (Å²) in [4.78, 5) is 0. The largest absolute Gasteiger partial charge is 0.207 e. The van der Waals surface area contributed by atoms with Crippen LogP contribution in [-0.4, -0.2) is 0 Å². The van der Waals surface area contributed by atoms with Gasteiger partial charge in [0.25, 0.3) is 0 Å². The second-order valence-corrected chi connectivity index (χ2v) is 16.8. The van der Waals surface area contributed by atoms with Crippen molar-refractivity contribution in [2.75, 3.05) is 0 Å². The van der Waals surface area contributed by atoms with E-state index < -0.39 is 0 Å². The van der Waals surface area contributed by atoms with Crippen molar-refractivity contribution in [3.8, 4) is 55.6 Å². The monoisotopic (exact) mass is 766 g/mol. The van der Waals surface area contributed by atoms with Crippen LogP contribution in [0.2, 0.25) is 0 Å². The lowest BCUT2D eigenvalue weighted by Gasteiger charge is -2.24. The van der Waals surface area contributed by atoms with Gasteiger partial charge in [-0.3, -0.25) is 0 Å². The molecule has 1 heteroatoms. The van der Waals surface area contributed by atoms with Gasteiger partial charge in [-0.15, -0.1) is 0 Å². The average molecular weight is 767 g/mol. The molecule has 0 bridgehead atoms. The van der Waals surface area contributed by atoms with Crippen LogP contribution in [0.25, 0.3) is 109 Å². The van der Waals surface area contributed by atoms with Crippen molar-refractivity contribution < 1.29 is 4.39 Å². The lowest BCUT2D eigenvalue weighted by molar-refractivity contribution is 0.609. The minimum Gasteiger partial charge on any atom is -0.207 e. The molecule has 0 unspecified atom stereocenters. The van der Waals surface area contributed by atoms with Gasteiger partial charge in [0.2, 0.25) is 0 Å². The fraction of sp³-hybridized carbons (Fsp3) is 0.0508. The van der Waals surface area contributed by atoms with Crippen LogP contribution < -0.4 is 0 Å². The van der Waals surface area contributed by atoms with Crippen LogP contribution in [0.15, 0.2) is 200 Å². The molecule has 0 radical (unpaired) electrons. The summed E-state index contributed by atoms with van der Waals surface area (Å²) in [5, 5.41) is 12.3. The van der Waals surface area contributed by atoms with Crippen LogP contribution in [0.4, 0.5) is 4.39 Å². The molecule has 0 aromatic heterocycles. The highest BCUT2D eigenvalue weighted by Gasteiger charge is 2.38. The van der Waals surface area contributed by atoms with Crippen molar-refractivity contribution >= 4 is 53.9 Å². The zero-order valence-corrected chi connectivity index (χ0v) is 33.4. The van der Waals surface area contributed by atoms with Crippen molar-refractivity contribution in [3.63, 3.8) is 0 Å². The maximum Gasteiger partial charge on any atom is 0.123 e. The summed E-state index contributed by atoms with van der Waals surface area (Å²) in [6, 6.07) is 72.1. The third-order valence-electron chi connectivity index (χ3n) is 13.3. The molecule has 11 aromatic rings. The smallest absolute Gasteiger partial charge is 0.123 e. The summed E-state index contributed by atoms with van der Waals surface area (Å²) in [5.41, 5.74) is 14.1. The first-order chi connectivity index (χ1) is 29.5. The summed E-state index contributed by atoms with van der Waals surface area (Å²) in [5.74, 6) is -0.192.